The van der Waals surface area contributed by atoms with Gasteiger partial charge >= 0.3 is 11.7 Å². The molecule has 2 fully saturated rings. The highest BCUT2D eigenvalue weighted by Gasteiger charge is 2.29. The van der Waals surface area contributed by atoms with Gasteiger partial charge in [0.05, 0.1) is 6.61 Å². The zero-order valence-electron chi connectivity index (χ0n) is 20.8. The zero-order valence-corrected chi connectivity index (χ0v) is 20.8. The Hall–Kier alpha value is -2.13. The molecule has 2 aliphatic heterocycles. The van der Waals surface area contributed by atoms with E-state index >= 15 is 0 Å². The first-order valence-electron chi connectivity index (χ1n) is 13.5. The molecule has 4 heterocycles. The monoisotopic (exact) mass is 473 g/mol. The van der Waals surface area contributed by atoms with Gasteiger partial charge in [-0.1, -0.05) is 39.0 Å². The van der Waals surface area contributed by atoms with E-state index < -0.39 is 0 Å². The largest absolute Gasteiger partial charge is 0.463 e. The van der Waals surface area contributed by atoms with Crippen molar-refractivity contribution in [3.05, 3.63) is 10.5 Å². The van der Waals surface area contributed by atoms with E-state index in [-0.39, 0.29) is 23.6 Å². The van der Waals surface area contributed by atoms with Crippen LogP contribution in [0.3, 0.4) is 0 Å². The zero-order chi connectivity index (χ0) is 23.8. The lowest BCUT2D eigenvalue weighted by Crippen LogP contribution is -2.35. The Morgan fingerprint density at radius 3 is 2.50 bits per heavy atom. The lowest BCUT2D eigenvalue weighted by molar-refractivity contribution is 0.240. The molecule has 0 amide bonds. The maximum atomic E-state index is 13.2. The van der Waals surface area contributed by atoms with Gasteiger partial charge in [-0.15, -0.1) is 0 Å². The molecule has 0 aromatic carbocycles. The average Bonchev–Trinajstić information content (AvgIpc) is 3.19. The van der Waals surface area contributed by atoms with Crippen LogP contribution in [0.2, 0.25) is 0 Å². The number of fused-ring (bicyclic) bond motifs is 1. The number of H-pyrrole nitrogens is 1. The maximum absolute atomic E-state index is 13.2. The van der Waals surface area contributed by atoms with Gasteiger partial charge in [0.2, 0.25) is 0 Å². The number of ether oxygens (including phenoxy) is 1. The van der Waals surface area contributed by atoms with Gasteiger partial charge < -0.3 is 26.1 Å². The summed E-state index contributed by atoms with van der Waals surface area (Å²) >= 11 is 0. The predicted octanol–water partition coefficient (Wildman–Crippen LogP) is 3.37. The summed E-state index contributed by atoms with van der Waals surface area (Å²) in [6.45, 7) is 6.99. The van der Waals surface area contributed by atoms with Gasteiger partial charge in [0.25, 0.3) is 0 Å². The van der Waals surface area contributed by atoms with Crippen molar-refractivity contribution in [1.82, 2.24) is 30.2 Å². The van der Waals surface area contributed by atoms with E-state index in [1.165, 1.54) is 45.2 Å². The van der Waals surface area contributed by atoms with Crippen molar-refractivity contribution in [3.8, 4) is 6.01 Å². The van der Waals surface area contributed by atoms with Gasteiger partial charge in [0.15, 0.2) is 11.5 Å². The summed E-state index contributed by atoms with van der Waals surface area (Å²) in [6.07, 6.45) is 12.6. The highest BCUT2D eigenvalue weighted by atomic mass is 16.5. The molecular formula is C25H43N7O2. The summed E-state index contributed by atoms with van der Waals surface area (Å²) in [5.41, 5.74) is 7.18. The molecule has 1 unspecified atom stereocenters. The second-order valence-electron chi connectivity index (χ2n) is 10.1. The fraction of sp³-hybridized carbons (Fsp3) is 0.800. The van der Waals surface area contributed by atoms with Crippen molar-refractivity contribution in [2.45, 2.75) is 83.6 Å². The van der Waals surface area contributed by atoms with Crippen molar-refractivity contribution in [1.29, 1.82) is 0 Å². The molecule has 1 atom stereocenters. The van der Waals surface area contributed by atoms with Crippen LogP contribution in [0.5, 0.6) is 6.01 Å². The first-order chi connectivity index (χ1) is 16.7. The molecule has 4 rings (SSSR count). The van der Waals surface area contributed by atoms with Gasteiger partial charge in [0.1, 0.15) is 5.52 Å². The van der Waals surface area contributed by atoms with Crippen LogP contribution in [0, 0.1) is 11.8 Å². The van der Waals surface area contributed by atoms with Gasteiger partial charge in [0, 0.05) is 6.04 Å². The Morgan fingerprint density at radius 2 is 1.76 bits per heavy atom. The number of nitrogen functional groups attached to an aromatic ring is 1. The van der Waals surface area contributed by atoms with Gasteiger partial charge in [-0.25, -0.2) is 4.79 Å². The highest BCUT2D eigenvalue weighted by molar-refractivity contribution is 5.82. The van der Waals surface area contributed by atoms with Crippen LogP contribution in [0.1, 0.15) is 83.6 Å². The van der Waals surface area contributed by atoms with Crippen molar-refractivity contribution < 1.29 is 4.74 Å². The van der Waals surface area contributed by atoms with E-state index in [1.54, 1.807) is 0 Å². The molecule has 2 saturated heterocycles. The number of nitrogens with one attached hydrogen (secondary N) is 3. The number of imidazole rings is 1. The van der Waals surface area contributed by atoms with Crippen LogP contribution < -0.4 is 26.8 Å². The third kappa shape index (κ3) is 6.30. The maximum Gasteiger partial charge on any atom is 0.328 e. The van der Waals surface area contributed by atoms with Crippen LogP contribution in [-0.4, -0.2) is 52.3 Å². The first-order valence-corrected chi connectivity index (χ1v) is 13.5. The molecule has 34 heavy (non-hydrogen) atoms. The van der Waals surface area contributed by atoms with E-state index in [0.29, 0.717) is 23.7 Å². The smallest absolute Gasteiger partial charge is 0.328 e. The summed E-state index contributed by atoms with van der Waals surface area (Å²) in [7, 11) is 0. The molecule has 0 bridgehead atoms. The summed E-state index contributed by atoms with van der Waals surface area (Å²) < 4.78 is 7.61. The van der Waals surface area contributed by atoms with Gasteiger partial charge in [-0.3, -0.25) is 4.57 Å². The topological polar surface area (TPSA) is 123 Å². The number of aromatic nitrogens is 4. The van der Waals surface area contributed by atoms with Crippen molar-refractivity contribution in [3.63, 3.8) is 0 Å². The van der Waals surface area contributed by atoms with E-state index in [2.05, 4.69) is 32.5 Å². The van der Waals surface area contributed by atoms with Gasteiger partial charge in [-0.05, 0) is 76.5 Å². The molecular weight excluding hydrogens is 430 g/mol. The molecule has 2 aromatic rings. The minimum Gasteiger partial charge on any atom is -0.463 e. The summed E-state index contributed by atoms with van der Waals surface area (Å²) in [5.74, 6) is 1.60. The number of aromatic amines is 1. The molecule has 0 saturated carbocycles. The number of hydrogen-bond acceptors (Lipinski definition) is 7. The molecule has 0 aliphatic carbocycles. The van der Waals surface area contributed by atoms with Crippen LogP contribution in [0.25, 0.3) is 11.2 Å². The SMILES string of the molecule is CCCCOc1nc(N)c2[nH]c(=O)n(C(CCCCCC3CCNCC3)C3CCNCC3)c2n1. The Bertz CT molecular complexity index is 945. The summed E-state index contributed by atoms with van der Waals surface area (Å²) in [6, 6.07) is 0.372. The van der Waals surface area contributed by atoms with Crippen molar-refractivity contribution in [2.24, 2.45) is 11.8 Å². The Morgan fingerprint density at radius 1 is 1.03 bits per heavy atom. The second kappa shape index (κ2) is 12.5. The lowest BCUT2D eigenvalue weighted by Gasteiger charge is -2.31. The minimum absolute atomic E-state index is 0.111. The molecule has 0 spiro atoms. The van der Waals surface area contributed by atoms with Crippen LogP contribution in [0.4, 0.5) is 5.82 Å². The summed E-state index contributed by atoms with van der Waals surface area (Å²) in [5, 5.41) is 6.92. The third-order valence-electron chi connectivity index (χ3n) is 7.64. The van der Waals surface area contributed by atoms with Crippen molar-refractivity contribution >= 4 is 17.0 Å². The second-order valence-corrected chi connectivity index (χ2v) is 10.1. The number of nitrogens with two attached hydrogens (primary N) is 1. The molecule has 190 valence electrons. The molecule has 5 N–H and O–H groups in total. The normalized spacial score (nSPS) is 19.0. The Kier molecular flexibility index (Phi) is 9.21. The standard InChI is InChI=1S/C25H43N7O2/c1-2-3-17-34-24-30-22(26)21-23(31-24)32(25(33)29-21)20(19-11-15-28-16-12-19)8-6-4-5-7-18-9-13-27-14-10-18/h18-20,27-28H,2-17H2,1H3,(H,29,33)(H2,26,30,31). The molecule has 9 heteroatoms. The minimum atomic E-state index is -0.139. The number of nitrogens with zero attached hydrogens (tertiary/aromatic N) is 3. The Balaban J connectivity index is 1.49. The predicted molar refractivity (Wildman–Crippen MR) is 136 cm³/mol. The van der Waals surface area contributed by atoms with E-state index in [0.717, 1.165) is 57.5 Å². The van der Waals surface area contributed by atoms with E-state index in [4.69, 9.17) is 10.5 Å². The number of rotatable bonds is 12. The number of hydrogen-bond donors (Lipinski definition) is 4. The number of anilines is 1. The fourth-order valence-corrected chi connectivity index (χ4v) is 5.62. The first kappa shape index (κ1) is 25.0. The Labute approximate surface area is 202 Å². The lowest BCUT2D eigenvalue weighted by atomic mass is 9.86. The van der Waals surface area contributed by atoms with Gasteiger partial charge in [-0.2, -0.15) is 9.97 Å². The number of unbranched alkanes of at least 4 members (excludes halogenated alkanes) is 3. The van der Waals surface area contributed by atoms with Crippen LogP contribution in [0.15, 0.2) is 4.79 Å². The van der Waals surface area contributed by atoms with E-state index in [1.807, 2.05) is 4.57 Å². The van der Waals surface area contributed by atoms with Crippen molar-refractivity contribution in [2.75, 3.05) is 38.5 Å². The van der Waals surface area contributed by atoms with E-state index in [9.17, 15) is 4.79 Å². The third-order valence-corrected chi connectivity index (χ3v) is 7.64. The summed E-state index contributed by atoms with van der Waals surface area (Å²) in [4.78, 5) is 25.0. The molecule has 2 aromatic heterocycles. The highest BCUT2D eigenvalue weighted by Crippen LogP contribution is 2.33. The molecule has 2 aliphatic rings. The van der Waals surface area contributed by atoms with Crippen LogP contribution in [-0.2, 0) is 0 Å². The van der Waals surface area contributed by atoms with Crippen LogP contribution >= 0.6 is 0 Å². The quantitative estimate of drug-likeness (QED) is 0.349. The average molecular weight is 474 g/mol. The molecule has 9 nitrogen and oxygen atoms in total. The number of piperidine rings is 2. The fourth-order valence-electron chi connectivity index (χ4n) is 5.62. The molecule has 0 radical (unpaired) electrons.